The Morgan fingerprint density at radius 1 is 1.32 bits per heavy atom. The molecule has 0 spiro atoms. The first-order valence-corrected chi connectivity index (χ1v) is 7.13. The summed E-state index contributed by atoms with van der Waals surface area (Å²) < 4.78 is 2.00. The Kier molecular flexibility index (Phi) is 7.08. The largest absolute Gasteiger partial charge is 0.351 e. The molecule has 1 atom stereocenters. The van der Waals surface area contributed by atoms with Gasteiger partial charge in [-0.15, -0.1) is 12.4 Å². The average Bonchev–Trinajstić information content (AvgIpc) is 2.98. The molecule has 0 unspecified atom stereocenters. The van der Waals surface area contributed by atoms with Crippen molar-refractivity contribution < 1.29 is 4.79 Å². The third-order valence-corrected chi connectivity index (χ3v) is 3.50. The van der Waals surface area contributed by atoms with Crippen LogP contribution in [0.4, 0.5) is 0 Å². The zero-order valence-electron chi connectivity index (χ0n) is 12.9. The summed E-state index contributed by atoms with van der Waals surface area (Å²) >= 11 is 0. The number of hydrogen-bond acceptors (Lipinski definition) is 3. The van der Waals surface area contributed by atoms with Crippen LogP contribution in [0.2, 0.25) is 0 Å². The Balaban J connectivity index is 0.00000242. The predicted molar refractivity (Wildman–Crippen MR) is 89.7 cm³/mol. The number of amides is 1. The third-order valence-electron chi connectivity index (χ3n) is 3.50. The van der Waals surface area contributed by atoms with Crippen LogP contribution in [0.5, 0.6) is 0 Å². The molecule has 3 N–H and O–H groups in total. The lowest BCUT2D eigenvalue weighted by Gasteiger charge is -2.16. The molecule has 0 saturated carbocycles. The fourth-order valence-electron chi connectivity index (χ4n) is 2.06. The second-order valence-electron chi connectivity index (χ2n) is 5.49. The molecule has 0 radical (unpaired) electrons. The molecule has 0 aliphatic rings. The van der Waals surface area contributed by atoms with Crippen LogP contribution in [0.25, 0.3) is 0 Å². The summed E-state index contributed by atoms with van der Waals surface area (Å²) in [5.74, 6) is 0.0219. The summed E-state index contributed by atoms with van der Waals surface area (Å²) in [6.45, 7) is 5.11. The molecule has 0 bridgehead atoms. The third kappa shape index (κ3) is 4.86. The van der Waals surface area contributed by atoms with Crippen LogP contribution in [0.3, 0.4) is 0 Å². The van der Waals surface area contributed by atoms with E-state index in [1.807, 2.05) is 42.8 Å². The van der Waals surface area contributed by atoms with E-state index in [-0.39, 0.29) is 24.2 Å². The maximum Gasteiger partial charge on any atom is 0.237 e. The van der Waals surface area contributed by atoms with Gasteiger partial charge in [0, 0.05) is 25.5 Å². The molecular formula is C16H23ClN4O. The molecule has 0 fully saturated rings. The van der Waals surface area contributed by atoms with E-state index in [1.165, 1.54) is 0 Å². The summed E-state index contributed by atoms with van der Waals surface area (Å²) in [4.78, 5) is 16.0. The number of carbonyl (C=O) groups excluding carboxylic acids is 1. The maximum absolute atomic E-state index is 11.9. The molecule has 5 nitrogen and oxygen atoms in total. The highest BCUT2D eigenvalue weighted by Crippen LogP contribution is 2.11. The van der Waals surface area contributed by atoms with E-state index >= 15 is 0 Å². The standard InChI is InChI=1S/C16H22N4O.ClH/c1-12(2)15(17)16(21)19-9-13-5-3-4-6-14(13)10-20-8-7-18-11-20;/h3-8,11-12,15H,9-10,17H2,1-2H3,(H,19,21);1H/t15-;/m0./s1. The van der Waals surface area contributed by atoms with Crippen molar-refractivity contribution in [3.05, 3.63) is 54.1 Å². The molecule has 1 amide bonds. The number of aromatic nitrogens is 2. The van der Waals surface area contributed by atoms with E-state index in [4.69, 9.17) is 5.73 Å². The van der Waals surface area contributed by atoms with Gasteiger partial charge in [0.05, 0.1) is 12.4 Å². The topological polar surface area (TPSA) is 72.9 Å². The average molecular weight is 323 g/mol. The first-order chi connectivity index (χ1) is 10.1. The van der Waals surface area contributed by atoms with Crippen LogP contribution < -0.4 is 11.1 Å². The summed E-state index contributed by atoms with van der Waals surface area (Å²) in [5.41, 5.74) is 8.10. The van der Waals surface area contributed by atoms with Crippen molar-refractivity contribution in [2.24, 2.45) is 11.7 Å². The number of nitrogens with one attached hydrogen (secondary N) is 1. The second-order valence-corrected chi connectivity index (χ2v) is 5.49. The van der Waals surface area contributed by atoms with Crippen molar-refractivity contribution >= 4 is 18.3 Å². The quantitative estimate of drug-likeness (QED) is 0.853. The van der Waals surface area contributed by atoms with Gasteiger partial charge in [-0.05, 0) is 17.0 Å². The summed E-state index contributed by atoms with van der Waals surface area (Å²) in [6.07, 6.45) is 5.46. The zero-order chi connectivity index (χ0) is 15.2. The van der Waals surface area contributed by atoms with Crippen molar-refractivity contribution in [1.29, 1.82) is 0 Å². The number of nitrogens with two attached hydrogens (primary N) is 1. The molecule has 2 aromatic rings. The van der Waals surface area contributed by atoms with Crippen molar-refractivity contribution in [3.8, 4) is 0 Å². The monoisotopic (exact) mass is 322 g/mol. The smallest absolute Gasteiger partial charge is 0.237 e. The molecular weight excluding hydrogens is 300 g/mol. The summed E-state index contributed by atoms with van der Waals surface area (Å²) in [6, 6.07) is 7.58. The van der Waals surface area contributed by atoms with Crippen LogP contribution in [-0.4, -0.2) is 21.5 Å². The van der Waals surface area contributed by atoms with Gasteiger partial charge in [-0.3, -0.25) is 4.79 Å². The summed E-state index contributed by atoms with van der Waals surface area (Å²) in [7, 11) is 0. The van der Waals surface area contributed by atoms with Crippen LogP contribution in [0.15, 0.2) is 43.0 Å². The Morgan fingerprint density at radius 2 is 2.00 bits per heavy atom. The van der Waals surface area contributed by atoms with E-state index < -0.39 is 6.04 Å². The Bertz CT molecular complexity index is 584. The number of halogens is 1. The molecule has 22 heavy (non-hydrogen) atoms. The Labute approximate surface area is 137 Å². The fraction of sp³-hybridized carbons (Fsp3) is 0.375. The van der Waals surface area contributed by atoms with E-state index in [2.05, 4.69) is 16.4 Å². The van der Waals surface area contributed by atoms with E-state index in [0.717, 1.165) is 17.7 Å². The minimum absolute atomic E-state index is 0. The molecule has 2 rings (SSSR count). The number of rotatable bonds is 6. The van der Waals surface area contributed by atoms with Gasteiger partial charge in [0.1, 0.15) is 0 Å². The van der Waals surface area contributed by atoms with Gasteiger partial charge in [-0.2, -0.15) is 0 Å². The molecule has 0 saturated heterocycles. The van der Waals surface area contributed by atoms with Gasteiger partial charge in [0.25, 0.3) is 0 Å². The SMILES string of the molecule is CC(C)[C@H](N)C(=O)NCc1ccccc1Cn1ccnc1.Cl. The minimum atomic E-state index is -0.467. The highest BCUT2D eigenvalue weighted by molar-refractivity contribution is 5.85. The van der Waals surface area contributed by atoms with Crippen molar-refractivity contribution in [1.82, 2.24) is 14.9 Å². The normalized spacial score (nSPS) is 11.8. The molecule has 1 aromatic heterocycles. The lowest BCUT2D eigenvalue weighted by atomic mass is 10.0. The highest BCUT2D eigenvalue weighted by Gasteiger charge is 2.16. The zero-order valence-corrected chi connectivity index (χ0v) is 13.7. The van der Waals surface area contributed by atoms with Crippen molar-refractivity contribution in [2.75, 3.05) is 0 Å². The number of hydrogen-bond donors (Lipinski definition) is 2. The van der Waals surface area contributed by atoms with Gasteiger partial charge in [0.2, 0.25) is 5.91 Å². The van der Waals surface area contributed by atoms with Crippen LogP contribution in [0.1, 0.15) is 25.0 Å². The van der Waals surface area contributed by atoms with E-state index in [9.17, 15) is 4.79 Å². The van der Waals surface area contributed by atoms with Crippen LogP contribution in [0, 0.1) is 5.92 Å². The van der Waals surface area contributed by atoms with Crippen LogP contribution >= 0.6 is 12.4 Å². The minimum Gasteiger partial charge on any atom is -0.351 e. The van der Waals surface area contributed by atoms with Crippen LogP contribution in [-0.2, 0) is 17.9 Å². The Morgan fingerprint density at radius 3 is 2.59 bits per heavy atom. The first-order valence-electron chi connectivity index (χ1n) is 7.13. The van der Waals surface area contributed by atoms with Gasteiger partial charge in [0.15, 0.2) is 0 Å². The second kappa shape index (κ2) is 8.56. The maximum atomic E-state index is 11.9. The van der Waals surface area contributed by atoms with Gasteiger partial charge >= 0.3 is 0 Å². The van der Waals surface area contributed by atoms with E-state index in [0.29, 0.717) is 6.54 Å². The molecule has 1 heterocycles. The van der Waals surface area contributed by atoms with Crippen molar-refractivity contribution in [2.45, 2.75) is 33.0 Å². The van der Waals surface area contributed by atoms with Crippen molar-refractivity contribution in [3.63, 3.8) is 0 Å². The molecule has 0 aliphatic carbocycles. The van der Waals surface area contributed by atoms with Gasteiger partial charge < -0.3 is 15.6 Å². The Hall–Kier alpha value is -1.85. The number of nitrogens with zero attached hydrogens (tertiary/aromatic N) is 2. The number of benzene rings is 1. The molecule has 120 valence electrons. The first kappa shape index (κ1) is 18.2. The highest BCUT2D eigenvalue weighted by atomic mass is 35.5. The summed E-state index contributed by atoms with van der Waals surface area (Å²) in [5, 5.41) is 2.91. The van der Waals surface area contributed by atoms with Gasteiger partial charge in [-0.25, -0.2) is 4.98 Å². The number of imidazole rings is 1. The molecule has 0 aliphatic heterocycles. The predicted octanol–water partition coefficient (Wildman–Crippen LogP) is 1.95. The fourth-order valence-corrected chi connectivity index (χ4v) is 2.06. The molecule has 1 aromatic carbocycles. The van der Waals surface area contributed by atoms with E-state index in [1.54, 1.807) is 12.5 Å². The lowest BCUT2D eigenvalue weighted by molar-refractivity contribution is -0.123. The van der Waals surface area contributed by atoms with Gasteiger partial charge in [-0.1, -0.05) is 38.1 Å². The number of carbonyl (C=O) groups is 1. The lowest BCUT2D eigenvalue weighted by Crippen LogP contribution is -2.43. The molecule has 6 heteroatoms.